The number of nitrogens with zero attached hydrogens (tertiary/aromatic N) is 3. The Bertz CT molecular complexity index is 1000. The SMILES string of the molecule is Cn1cc(-c2cc3c(cn2)OC(C2CCN(C(=O)OC(C)(C)C)CC2)C3)ccc1=O. The Morgan fingerprint density at radius 3 is 2.63 bits per heavy atom. The number of carbonyl (C=O) groups is 1. The molecule has 0 radical (unpaired) electrons. The van der Waals surface area contributed by atoms with Crippen molar-refractivity contribution < 1.29 is 14.3 Å². The van der Waals surface area contributed by atoms with Crippen molar-refractivity contribution >= 4 is 6.09 Å². The second-order valence-corrected chi connectivity index (χ2v) is 9.21. The molecule has 1 saturated heterocycles. The van der Waals surface area contributed by atoms with Gasteiger partial charge in [0.15, 0.2) is 0 Å². The number of hydrogen-bond donors (Lipinski definition) is 0. The van der Waals surface area contributed by atoms with Crippen molar-refractivity contribution in [2.24, 2.45) is 13.0 Å². The average molecular weight is 412 g/mol. The number of aryl methyl sites for hydroxylation is 1. The van der Waals surface area contributed by atoms with E-state index in [0.29, 0.717) is 19.0 Å². The van der Waals surface area contributed by atoms with Crippen LogP contribution < -0.4 is 10.3 Å². The van der Waals surface area contributed by atoms with E-state index in [2.05, 4.69) is 11.1 Å². The first-order valence-corrected chi connectivity index (χ1v) is 10.5. The molecule has 0 N–H and O–H groups in total. The van der Waals surface area contributed by atoms with Crippen LogP contribution in [0.5, 0.6) is 5.75 Å². The van der Waals surface area contributed by atoms with Crippen LogP contribution in [0.2, 0.25) is 0 Å². The largest absolute Gasteiger partial charge is 0.488 e. The molecule has 0 spiro atoms. The Kier molecular flexibility index (Phi) is 5.30. The molecule has 2 aromatic rings. The molecule has 7 nitrogen and oxygen atoms in total. The fourth-order valence-electron chi connectivity index (χ4n) is 4.12. The third-order valence-electron chi connectivity index (χ3n) is 5.75. The lowest BCUT2D eigenvalue weighted by Gasteiger charge is -2.35. The highest BCUT2D eigenvalue weighted by Crippen LogP contribution is 2.36. The number of rotatable bonds is 2. The number of piperidine rings is 1. The number of likely N-dealkylation sites (tertiary alicyclic amines) is 1. The van der Waals surface area contributed by atoms with Crippen molar-refractivity contribution in [3.05, 3.63) is 46.5 Å². The van der Waals surface area contributed by atoms with Gasteiger partial charge in [0, 0.05) is 49.9 Å². The highest BCUT2D eigenvalue weighted by atomic mass is 16.6. The summed E-state index contributed by atoms with van der Waals surface area (Å²) in [6.45, 7) is 7.05. The van der Waals surface area contributed by atoms with E-state index < -0.39 is 5.60 Å². The number of carbonyl (C=O) groups excluding carboxylic acids is 1. The number of hydrogen-bond acceptors (Lipinski definition) is 5. The predicted octanol–water partition coefficient (Wildman–Crippen LogP) is 3.40. The van der Waals surface area contributed by atoms with Crippen LogP contribution in [0.4, 0.5) is 4.79 Å². The fraction of sp³-hybridized carbons (Fsp3) is 0.522. The predicted molar refractivity (Wildman–Crippen MR) is 114 cm³/mol. The van der Waals surface area contributed by atoms with Crippen molar-refractivity contribution in [2.45, 2.75) is 51.7 Å². The van der Waals surface area contributed by atoms with Gasteiger partial charge in [-0.25, -0.2) is 4.79 Å². The fourth-order valence-corrected chi connectivity index (χ4v) is 4.12. The third kappa shape index (κ3) is 4.35. The molecule has 2 aliphatic rings. The van der Waals surface area contributed by atoms with Crippen LogP contribution >= 0.6 is 0 Å². The molecule has 0 bridgehead atoms. The zero-order chi connectivity index (χ0) is 21.5. The molecular weight excluding hydrogens is 382 g/mol. The first-order valence-electron chi connectivity index (χ1n) is 10.5. The molecule has 2 aromatic heterocycles. The molecule has 0 saturated carbocycles. The zero-order valence-electron chi connectivity index (χ0n) is 18.1. The lowest BCUT2D eigenvalue weighted by atomic mass is 9.89. The first-order chi connectivity index (χ1) is 14.2. The van der Waals surface area contributed by atoms with Crippen LogP contribution in [-0.4, -0.2) is 45.3 Å². The number of ether oxygens (including phenoxy) is 2. The van der Waals surface area contributed by atoms with E-state index in [1.165, 1.54) is 0 Å². The van der Waals surface area contributed by atoms with Gasteiger partial charge in [-0.15, -0.1) is 0 Å². The van der Waals surface area contributed by atoms with E-state index in [4.69, 9.17) is 9.47 Å². The van der Waals surface area contributed by atoms with E-state index in [1.54, 1.807) is 41.0 Å². The van der Waals surface area contributed by atoms with Gasteiger partial charge >= 0.3 is 6.09 Å². The Morgan fingerprint density at radius 2 is 1.97 bits per heavy atom. The molecule has 160 valence electrons. The maximum Gasteiger partial charge on any atom is 0.410 e. The monoisotopic (exact) mass is 411 g/mol. The van der Waals surface area contributed by atoms with E-state index in [1.807, 2.05) is 20.8 Å². The van der Waals surface area contributed by atoms with E-state index in [-0.39, 0.29) is 17.8 Å². The van der Waals surface area contributed by atoms with Crippen molar-refractivity contribution in [1.82, 2.24) is 14.5 Å². The molecule has 1 amide bonds. The van der Waals surface area contributed by atoms with Crippen LogP contribution in [0, 0.1) is 5.92 Å². The standard InChI is InChI=1S/C23H29N3O4/c1-23(2,3)30-22(28)26-9-7-15(8-10-26)19-12-17-11-18(24-13-20(17)29-19)16-5-6-21(27)25(4)14-16/h5-6,11,13-15,19H,7-10,12H2,1-4H3. The minimum atomic E-state index is -0.472. The van der Waals surface area contributed by atoms with Crippen LogP contribution in [0.3, 0.4) is 0 Å². The number of aromatic nitrogens is 2. The highest BCUT2D eigenvalue weighted by molar-refractivity contribution is 5.68. The third-order valence-corrected chi connectivity index (χ3v) is 5.75. The van der Waals surface area contributed by atoms with Gasteiger partial charge in [-0.05, 0) is 51.7 Å². The van der Waals surface area contributed by atoms with Crippen LogP contribution in [-0.2, 0) is 18.2 Å². The van der Waals surface area contributed by atoms with Gasteiger partial charge in [0.1, 0.15) is 17.5 Å². The summed E-state index contributed by atoms with van der Waals surface area (Å²) in [6, 6.07) is 5.42. The molecule has 0 aliphatic carbocycles. The van der Waals surface area contributed by atoms with Crippen molar-refractivity contribution in [3.63, 3.8) is 0 Å². The Morgan fingerprint density at radius 1 is 1.23 bits per heavy atom. The minimum absolute atomic E-state index is 0.0407. The van der Waals surface area contributed by atoms with Gasteiger partial charge < -0.3 is 18.9 Å². The Hall–Kier alpha value is -2.83. The molecule has 0 aromatic carbocycles. The molecule has 1 atom stereocenters. The zero-order valence-corrected chi connectivity index (χ0v) is 18.1. The van der Waals surface area contributed by atoms with Crippen LogP contribution in [0.1, 0.15) is 39.2 Å². The molecule has 2 aliphatic heterocycles. The van der Waals surface area contributed by atoms with Crippen molar-refractivity contribution in [3.8, 4) is 17.0 Å². The molecule has 1 fully saturated rings. The summed E-state index contributed by atoms with van der Waals surface area (Å²) in [5.41, 5.74) is 2.39. The van der Waals surface area contributed by atoms with Gasteiger partial charge in [0.05, 0.1) is 11.9 Å². The Balaban J connectivity index is 1.39. The van der Waals surface area contributed by atoms with Crippen molar-refractivity contribution in [1.29, 1.82) is 0 Å². The second kappa shape index (κ2) is 7.78. The molecule has 4 heterocycles. The summed E-state index contributed by atoms with van der Waals surface area (Å²) in [6.07, 6.45) is 6.11. The number of amides is 1. The Labute approximate surface area is 176 Å². The maximum atomic E-state index is 12.3. The minimum Gasteiger partial charge on any atom is -0.488 e. The normalized spacial score (nSPS) is 19.3. The van der Waals surface area contributed by atoms with Gasteiger partial charge in [-0.1, -0.05) is 0 Å². The summed E-state index contributed by atoms with van der Waals surface area (Å²) >= 11 is 0. The highest BCUT2D eigenvalue weighted by Gasteiger charge is 2.35. The maximum absolute atomic E-state index is 12.3. The molecule has 30 heavy (non-hydrogen) atoms. The average Bonchev–Trinajstić information content (AvgIpc) is 3.12. The molecule has 4 rings (SSSR count). The van der Waals surface area contributed by atoms with Gasteiger partial charge in [0.25, 0.3) is 0 Å². The quantitative estimate of drug-likeness (QED) is 0.757. The number of pyridine rings is 2. The van der Waals surface area contributed by atoms with Gasteiger partial charge in [0.2, 0.25) is 5.56 Å². The second-order valence-electron chi connectivity index (χ2n) is 9.21. The molecule has 1 unspecified atom stereocenters. The van der Waals surface area contributed by atoms with Crippen LogP contribution in [0.25, 0.3) is 11.3 Å². The summed E-state index contributed by atoms with van der Waals surface area (Å²) < 4.78 is 13.2. The smallest absolute Gasteiger partial charge is 0.410 e. The molecule has 7 heteroatoms. The lowest BCUT2D eigenvalue weighted by Crippen LogP contribution is -2.44. The van der Waals surface area contributed by atoms with E-state index in [0.717, 1.165) is 41.8 Å². The van der Waals surface area contributed by atoms with Crippen LogP contribution in [0.15, 0.2) is 35.4 Å². The van der Waals surface area contributed by atoms with E-state index >= 15 is 0 Å². The summed E-state index contributed by atoms with van der Waals surface area (Å²) in [4.78, 5) is 30.2. The van der Waals surface area contributed by atoms with Gasteiger partial charge in [-0.3, -0.25) is 9.78 Å². The van der Waals surface area contributed by atoms with Crippen molar-refractivity contribution in [2.75, 3.05) is 13.1 Å². The summed E-state index contributed by atoms with van der Waals surface area (Å²) in [5, 5.41) is 0. The lowest BCUT2D eigenvalue weighted by molar-refractivity contribution is 0.0123. The summed E-state index contributed by atoms with van der Waals surface area (Å²) in [5.74, 6) is 1.24. The topological polar surface area (TPSA) is 73.7 Å². The molecular formula is C23H29N3O4. The first kappa shape index (κ1) is 20.4. The summed E-state index contributed by atoms with van der Waals surface area (Å²) in [7, 11) is 1.74. The number of fused-ring (bicyclic) bond motifs is 1. The van der Waals surface area contributed by atoms with E-state index in [9.17, 15) is 9.59 Å². The van der Waals surface area contributed by atoms with Gasteiger partial charge in [-0.2, -0.15) is 0 Å².